The number of hydrogen-bond acceptors (Lipinski definition) is 1. The second-order valence-electron chi connectivity index (χ2n) is 14.9. The van der Waals surface area contributed by atoms with Crippen molar-refractivity contribution in [1.82, 2.24) is 4.57 Å². The maximum absolute atomic E-state index is 2.63. The van der Waals surface area contributed by atoms with Gasteiger partial charge in [-0.3, -0.25) is 0 Å². The fourth-order valence-corrected chi connectivity index (χ4v) is 9.81. The molecule has 0 saturated carbocycles. The zero-order valence-corrected chi connectivity index (χ0v) is 27.9. The summed E-state index contributed by atoms with van der Waals surface area (Å²) in [6.45, 7) is 0. The van der Waals surface area contributed by atoms with Crippen LogP contribution in [0.4, 0.5) is 5.69 Å². The van der Waals surface area contributed by atoms with E-state index >= 15 is 0 Å². The molecular formula is C46H44N2. The quantitative estimate of drug-likeness (QED) is 0.262. The maximum atomic E-state index is 2.63. The summed E-state index contributed by atoms with van der Waals surface area (Å²) in [6.07, 6.45) is 41.7. The Hall–Kier alpha value is -4.56. The lowest BCUT2D eigenvalue weighted by atomic mass is 9.82. The fraction of sp³-hybridized carbons (Fsp3) is 0.304. The van der Waals surface area contributed by atoms with Gasteiger partial charge in [0.15, 0.2) is 0 Å². The molecule has 3 atom stereocenters. The second-order valence-corrected chi connectivity index (χ2v) is 14.9. The Bertz CT molecular complexity index is 2130. The number of fused-ring (bicyclic) bond motifs is 7. The molecule has 7 aliphatic rings. The van der Waals surface area contributed by atoms with Crippen molar-refractivity contribution in [1.29, 1.82) is 0 Å². The number of nitrogens with zero attached hydrogens (tertiary/aromatic N) is 2. The van der Waals surface area contributed by atoms with Crippen molar-refractivity contribution in [3.8, 4) is 0 Å². The number of allylic oxidation sites excluding steroid dienone is 17. The molecule has 3 aromatic rings. The van der Waals surface area contributed by atoms with Crippen LogP contribution in [0.15, 0.2) is 132 Å². The van der Waals surface area contributed by atoms with Crippen LogP contribution in [0.5, 0.6) is 0 Å². The molecule has 3 unspecified atom stereocenters. The number of aromatic nitrogens is 1. The molecule has 0 bridgehead atoms. The van der Waals surface area contributed by atoms with Crippen LogP contribution in [0.3, 0.4) is 0 Å². The Morgan fingerprint density at radius 3 is 2.48 bits per heavy atom. The van der Waals surface area contributed by atoms with Crippen molar-refractivity contribution >= 4 is 33.9 Å². The van der Waals surface area contributed by atoms with Gasteiger partial charge in [-0.2, -0.15) is 0 Å². The third-order valence-corrected chi connectivity index (χ3v) is 12.3. The van der Waals surface area contributed by atoms with Gasteiger partial charge in [0.05, 0.1) is 5.52 Å². The van der Waals surface area contributed by atoms with E-state index in [1.165, 1.54) is 106 Å². The highest BCUT2D eigenvalue weighted by Crippen LogP contribution is 2.52. The molecule has 6 aliphatic carbocycles. The Labute approximate surface area is 285 Å². The second kappa shape index (κ2) is 11.5. The third-order valence-electron chi connectivity index (χ3n) is 12.3. The van der Waals surface area contributed by atoms with Gasteiger partial charge < -0.3 is 9.47 Å². The molecule has 2 heterocycles. The topological polar surface area (TPSA) is 8.17 Å². The molecule has 1 aliphatic heterocycles. The van der Waals surface area contributed by atoms with Gasteiger partial charge >= 0.3 is 0 Å². The van der Waals surface area contributed by atoms with E-state index in [1.807, 2.05) is 0 Å². The number of anilines is 1. The van der Waals surface area contributed by atoms with Gasteiger partial charge in [0.25, 0.3) is 0 Å². The minimum Gasteiger partial charge on any atom is -0.317 e. The fourth-order valence-electron chi connectivity index (χ4n) is 9.81. The van der Waals surface area contributed by atoms with Gasteiger partial charge in [-0.25, -0.2) is 0 Å². The molecule has 0 spiro atoms. The number of para-hydroxylation sites is 1. The number of hydrogen-bond donors (Lipinski definition) is 0. The average Bonchev–Trinajstić information content (AvgIpc) is 3.67. The van der Waals surface area contributed by atoms with E-state index in [4.69, 9.17) is 0 Å². The normalized spacial score (nSPS) is 25.7. The average molecular weight is 625 g/mol. The summed E-state index contributed by atoms with van der Waals surface area (Å²) < 4.78 is 2.63. The van der Waals surface area contributed by atoms with Crippen molar-refractivity contribution in [2.45, 2.75) is 76.5 Å². The summed E-state index contributed by atoms with van der Waals surface area (Å²) in [5.74, 6) is 1.78. The molecule has 0 fully saturated rings. The molecule has 2 nitrogen and oxygen atoms in total. The molecule has 10 rings (SSSR count). The van der Waals surface area contributed by atoms with E-state index in [0.717, 1.165) is 38.0 Å². The summed E-state index contributed by atoms with van der Waals surface area (Å²) >= 11 is 0. The monoisotopic (exact) mass is 624 g/mol. The Morgan fingerprint density at radius 2 is 1.56 bits per heavy atom. The summed E-state index contributed by atoms with van der Waals surface area (Å²) in [5, 5.41) is 1.41. The predicted octanol–water partition coefficient (Wildman–Crippen LogP) is 12.0. The standard InChI is InChI=1S/C46H44N2/c1-2-10-31(11-3-1)33-18-23-37(24-19-33)47-43-16-8-6-14-39(43)41-29-35(21-26-45(41)47)36-22-27-46-42(30-36)40-15-7-9-17-44(40)48(46)38-25-20-32-12-4-5-13-34(32)28-38/h1-2,4,6-8,12,14-16,18,20-23,25-27,30-31,34,41H,3,5,9-11,13,17,19,24,28-29H2. The molecule has 2 heteroatoms. The highest BCUT2D eigenvalue weighted by atomic mass is 15.2. The lowest BCUT2D eigenvalue weighted by Crippen LogP contribution is -2.22. The Kier molecular flexibility index (Phi) is 6.85. The minimum absolute atomic E-state index is 0.392. The Balaban J connectivity index is 1.01. The van der Waals surface area contributed by atoms with Crippen molar-refractivity contribution in [2.75, 3.05) is 4.90 Å². The van der Waals surface area contributed by atoms with Gasteiger partial charge in [0.1, 0.15) is 0 Å². The molecule has 0 amide bonds. The van der Waals surface area contributed by atoms with Crippen molar-refractivity contribution in [2.24, 2.45) is 11.8 Å². The molecule has 1 aromatic heterocycles. The van der Waals surface area contributed by atoms with E-state index in [9.17, 15) is 0 Å². The zero-order chi connectivity index (χ0) is 31.6. The van der Waals surface area contributed by atoms with Crippen LogP contribution in [0, 0.1) is 11.8 Å². The smallest absolute Gasteiger partial charge is 0.0534 e. The Morgan fingerprint density at radius 1 is 0.667 bits per heavy atom. The summed E-state index contributed by atoms with van der Waals surface area (Å²) in [5.41, 5.74) is 17.5. The lowest BCUT2D eigenvalue weighted by Gasteiger charge is -2.31. The molecule has 0 N–H and O–H groups in total. The molecule has 48 heavy (non-hydrogen) atoms. The van der Waals surface area contributed by atoms with Crippen LogP contribution in [0.25, 0.3) is 28.2 Å². The summed E-state index contributed by atoms with van der Waals surface area (Å²) in [4.78, 5) is 2.60. The van der Waals surface area contributed by atoms with Crippen LogP contribution in [0.1, 0.15) is 92.5 Å². The van der Waals surface area contributed by atoms with Crippen molar-refractivity contribution < 1.29 is 0 Å². The number of benzene rings is 2. The van der Waals surface area contributed by atoms with Crippen LogP contribution in [-0.4, -0.2) is 4.57 Å². The van der Waals surface area contributed by atoms with Gasteiger partial charge in [-0.05, 0) is 141 Å². The van der Waals surface area contributed by atoms with Gasteiger partial charge in [0.2, 0.25) is 0 Å². The van der Waals surface area contributed by atoms with E-state index in [2.05, 4.69) is 125 Å². The summed E-state index contributed by atoms with van der Waals surface area (Å²) in [7, 11) is 0. The largest absolute Gasteiger partial charge is 0.317 e. The first kappa shape index (κ1) is 28.5. The molecule has 2 aromatic carbocycles. The van der Waals surface area contributed by atoms with Crippen LogP contribution in [0.2, 0.25) is 0 Å². The lowest BCUT2D eigenvalue weighted by molar-refractivity contribution is 0.529. The molecular weight excluding hydrogens is 581 g/mol. The molecule has 0 radical (unpaired) electrons. The predicted molar refractivity (Wildman–Crippen MR) is 202 cm³/mol. The van der Waals surface area contributed by atoms with E-state index in [1.54, 1.807) is 5.57 Å². The van der Waals surface area contributed by atoms with E-state index in [-0.39, 0.29) is 0 Å². The van der Waals surface area contributed by atoms with Gasteiger partial charge in [0, 0.05) is 45.3 Å². The first-order chi connectivity index (χ1) is 23.8. The van der Waals surface area contributed by atoms with E-state index in [0.29, 0.717) is 11.8 Å². The first-order valence-corrected chi connectivity index (χ1v) is 18.6. The molecule has 238 valence electrons. The summed E-state index contributed by atoms with van der Waals surface area (Å²) in [6, 6.07) is 16.5. The van der Waals surface area contributed by atoms with E-state index < -0.39 is 0 Å². The highest BCUT2D eigenvalue weighted by Gasteiger charge is 2.37. The highest BCUT2D eigenvalue weighted by molar-refractivity contribution is 5.97. The van der Waals surface area contributed by atoms with Crippen LogP contribution in [-0.2, 0) is 6.42 Å². The van der Waals surface area contributed by atoms with Crippen LogP contribution < -0.4 is 4.90 Å². The molecule has 0 saturated heterocycles. The van der Waals surface area contributed by atoms with Gasteiger partial charge in [-0.15, -0.1) is 0 Å². The zero-order valence-electron chi connectivity index (χ0n) is 27.9. The van der Waals surface area contributed by atoms with Crippen molar-refractivity contribution in [3.63, 3.8) is 0 Å². The van der Waals surface area contributed by atoms with Crippen molar-refractivity contribution in [3.05, 3.63) is 154 Å². The maximum Gasteiger partial charge on any atom is 0.0534 e. The number of rotatable bonds is 4. The first-order valence-electron chi connectivity index (χ1n) is 18.6. The van der Waals surface area contributed by atoms with Crippen LogP contribution >= 0.6 is 0 Å². The van der Waals surface area contributed by atoms with Gasteiger partial charge in [-0.1, -0.05) is 84.5 Å². The SMILES string of the molecule is C1=Cc2c(n(C3=CC=C4C=CCCC4C3)c3ccc(C4=CC=C5C(C4)c4ccccc4N5C4=CC=C(C5CC=CCC5)CC4)cc23)CC1. The minimum atomic E-state index is 0.392. The third kappa shape index (κ3) is 4.60.